The van der Waals surface area contributed by atoms with Gasteiger partial charge in [0.2, 0.25) is 0 Å². The second-order valence-corrected chi connectivity index (χ2v) is 7.51. The number of furan rings is 1. The molecule has 2 aromatic carbocycles. The van der Waals surface area contributed by atoms with Gasteiger partial charge in [-0.05, 0) is 36.4 Å². The van der Waals surface area contributed by atoms with Crippen molar-refractivity contribution in [1.29, 1.82) is 0 Å². The van der Waals surface area contributed by atoms with Crippen molar-refractivity contribution in [1.82, 2.24) is 4.90 Å². The molecule has 0 aliphatic carbocycles. The van der Waals surface area contributed by atoms with Crippen LogP contribution in [0.5, 0.6) is 11.5 Å². The van der Waals surface area contributed by atoms with Crippen LogP contribution >= 0.6 is 11.6 Å². The van der Waals surface area contributed by atoms with E-state index in [1.54, 1.807) is 36.4 Å². The minimum Gasteiger partial charge on any atom is -0.507 e. The maximum absolute atomic E-state index is 13.1. The van der Waals surface area contributed by atoms with Crippen LogP contribution in [0, 0.1) is 0 Å². The maximum Gasteiger partial charge on any atom is 0.296 e. The molecule has 1 amide bonds. The van der Waals surface area contributed by atoms with Crippen molar-refractivity contribution >= 4 is 29.1 Å². The lowest BCUT2D eigenvalue weighted by Crippen LogP contribution is -2.29. The first-order chi connectivity index (χ1) is 15.5. The second-order valence-electron chi connectivity index (χ2n) is 7.10. The van der Waals surface area contributed by atoms with Gasteiger partial charge < -0.3 is 23.9 Å². The molecule has 0 bridgehead atoms. The molecule has 1 atom stereocenters. The fraction of sp³-hybridized carbons (Fsp3) is 0.167. The highest BCUT2D eigenvalue weighted by molar-refractivity contribution is 6.46. The zero-order valence-corrected chi connectivity index (χ0v) is 18.1. The minimum absolute atomic E-state index is 0.0720. The summed E-state index contributed by atoms with van der Waals surface area (Å²) in [5, 5.41) is 11.3. The van der Waals surface area contributed by atoms with Crippen molar-refractivity contribution in [2.24, 2.45) is 0 Å². The Morgan fingerprint density at radius 2 is 1.88 bits per heavy atom. The SMILES string of the molecule is COc1ccc(Cl)c(/C(O)=C2/C(=O)C(=O)N(Cc3ccccc3OC)C2c2ccco2)c1. The number of aliphatic hydroxyl groups excluding tert-OH is 1. The predicted octanol–water partition coefficient (Wildman–Crippen LogP) is 4.57. The molecule has 0 spiro atoms. The number of hydrogen-bond donors (Lipinski definition) is 1. The summed E-state index contributed by atoms with van der Waals surface area (Å²) in [6.45, 7) is 0.0720. The van der Waals surface area contributed by atoms with Gasteiger partial charge in [0.05, 0.1) is 37.6 Å². The number of ether oxygens (including phenoxy) is 2. The van der Waals surface area contributed by atoms with Gasteiger partial charge in [-0.3, -0.25) is 9.59 Å². The number of amides is 1. The molecule has 4 rings (SSSR count). The number of ketones is 1. The summed E-state index contributed by atoms with van der Waals surface area (Å²) in [7, 11) is 3.00. The zero-order valence-electron chi connectivity index (χ0n) is 17.4. The highest BCUT2D eigenvalue weighted by Gasteiger charge is 2.47. The largest absolute Gasteiger partial charge is 0.507 e. The first-order valence-electron chi connectivity index (χ1n) is 9.74. The van der Waals surface area contributed by atoms with Crippen molar-refractivity contribution in [3.05, 3.63) is 88.3 Å². The van der Waals surface area contributed by atoms with Gasteiger partial charge in [-0.15, -0.1) is 0 Å². The van der Waals surface area contributed by atoms with Crippen LogP contribution < -0.4 is 9.47 Å². The Balaban J connectivity index is 1.87. The van der Waals surface area contributed by atoms with Crippen LogP contribution in [0.15, 0.2) is 70.9 Å². The average molecular weight is 454 g/mol. The highest BCUT2D eigenvalue weighted by Crippen LogP contribution is 2.42. The van der Waals surface area contributed by atoms with E-state index in [4.69, 9.17) is 25.5 Å². The lowest BCUT2D eigenvalue weighted by Gasteiger charge is -2.24. The summed E-state index contributed by atoms with van der Waals surface area (Å²) in [5.74, 6) is -0.663. The number of Topliss-reactive ketones (excluding diaryl/α,β-unsaturated/α-hetero) is 1. The molecular formula is C24H20ClNO6. The second kappa shape index (κ2) is 8.80. The average Bonchev–Trinajstić information content (AvgIpc) is 3.42. The van der Waals surface area contributed by atoms with E-state index >= 15 is 0 Å². The molecule has 32 heavy (non-hydrogen) atoms. The van der Waals surface area contributed by atoms with Crippen molar-refractivity contribution in [2.75, 3.05) is 14.2 Å². The number of halogens is 1. The Labute approximate surface area is 189 Å². The van der Waals surface area contributed by atoms with E-state index in [-0.39, 0.29) is 22.7 Å². The Hall–Kier alpha value is -3.71. The number of para-hydroxylation sites is 1. The molecule has 1 unspecified atom stereocenters. The van der Waals surface area contributed by atoms with Crippen molar-refractivity contribution < 1.29 is 28.6 Å². The van der Waals surface area contributed by atoms with Gasteiger partial charge in [-0.1, -0.05) is 29.8 Å². The molecule has 1 fully saturated rings. The van der Waals surface area contributed by atoms with Crippen LogP contribution in [0.4, 0.5) is 0 Å². The summed E-state index contributed by atoms with van der Waals surface area (Å²) in [6.07, 6.45) is 1.44. The highest BCUT2D eigenvalue weighted by atomic mass is 35.5. The van der Waals surface area contributed by atoms with E-state index in [1.165, 1.54) is 31.4 Å². The summed E-state index contributed by atoms with van der Waals surface area (Å²) >= 11 is 6.29. The maximum atomic E-state index is 13.1. The number of aliphatic hydroxyl groups is 1. The molecule has 1 aliphatic heterocycles. The Kier molecular flexibility index (Phi) is 5.92. The van der Waals surface area contributed by atoms with E-state index in [1.807, 2.05) is 12.1 Å². The monoisotopic (exact) mass is 453 g/mol. The summed E-state index contributed by atoms with van der Waals surface area (Å²) < 4.78 is 16.1. The topological polar surface area (TPSA) is 89.2 Å². The zero-order chi connectivity index (χ0) is 22.8. The van der Waals surface area contributed by atoms with Crippen LogP contribution in [0.25, 0.3) is 5.76 Å². The first kappa shape index (κ1) is 21.5. The molecule has 0 saturated carbocycles. The number of hydrogen-bond acceptors (Lipinski definition) is 6. The summed E-state index contributed by atoms with van der Waals surface area (Å²) in [6, 6.07) is 14.2. The molecular weight excluding hydrogens is 434 g/mol. The van der Waals surface area contributed by atoms with Crippen LogP contribution in [-0.4, -0.2) is 35.9 Å². The quantitative estimate of drug-likeness (QED) is 0.334. The van der Waals surface area contributed by atoms with Crippen LogP contribution in [0.3, 0.4) is 0 Å². The third-order valence-electron chi connectivity index (χ3n) is 5.31. The fourth-order valence-corrected chi connectivity index (χ4v) is 3.97. The van der Waals surface area contributed by atoms with Gasteiger partial charge in [0.1, 0.15) is 29.1 Å². The summed E-state index contributed by atoms with van der Waals surface area (Å²) in [5.41, 5.74) is 0.765. The lowest BCUT2D eigenvalue weighted by molar-refractivity contribution is -0.140. The molecule has 0 radical (unpaired) electrons. The molecule has 3 aromatic rings. The van der Waals surface area contributed by atoms with E-state index < -0.39 is 23.5 Å². The van der Waals surface area contributed by atoms with Gasteiger partial charge in [0.15, 0.2) is 0 Å². The van der Waals surface area contributed by atoms with E-state index in [2.05, 4.69) is 0 Å². The van der Waals surface area contributed by atoms with Crippen molar-refractivity contribution in [2.45, 2.75) is 12.6 Å². The van der Waals surface area contributed by atoms with E-state index in [0.717, 1.165) is 0 Å². The number of methoxy groups -OCH3 is 2. The Morgan fingerprint density at radius 3 is 2.56 bits per heavy atom. The molecule has 164 valence electrons. The van der Waals surface area contributed by atoms with Gasteiger partial charge in [-0.25, -0.2) is 0 Å². The predicted molar refractivity (Wildman–Crippen MR) is 118 cm³/mol. The van der Waals surface area contributed by atoms with Gasteiger partial charge >= 0.3 is 0 Å². The van der Waals surface area contributed by atoms with Gasteiger partial charge in [0.25, 0.3) is 11.7 Å². The molecule has 7 nitrogen and oxygen atoms in total. The van der Waals surface area contributed by atoms with Crippen molar-refractivity contribution in [3.8, 4) is 11.5 Å². The normalized spacial score (nSPS) is 17.6. The van der Waals surface area contributed by atoms with E-state index in [0.29, 0.717) is 22.8 Å². The molecule has 1 aliphatic rings. The number of carbonyl (C=O) groups is 2. The Bertz CT molecular complexity index is 1200. The fourth-order valence-electron chi connectivity index (χ4n) is 3.76. The molecule has 1 saturated heterocycles. The third kappa shape index (κ3) is 3.71. The van der Waals surface area contributed by atoms with Gasteiger partial charge in [-0.2, -0.15) is 0 Å². The molecule has 1 N–H and O–H groups in total. The molecule has 1 aromatic heterocycles. The number of likely N-dealkylation sites (tertiary alicyclic amines) is 1. The standard InChI is InChI=1S/C24H20ClNO6/c1-30-15-9-10-17(25)16(12-15)22(27)20-21(19-8-5-11-32-19)26(24(29)23(20)28)13-14-6-3-4-7-18(14)31-2/h3-12,21,27H,13H2,1-2H3/b22-20-. The van der Waals surface area contributed by atoms with Crippen LogP contribution in [0.2, 0.25) is 5.02 Å². The number of nitrogens with zero attached hydrogens (tertiary/aromatic N) is 1. The smallest absolute Gasteiger partial charge is 0.296 e. The first-order valence-corrected chi connectivity index (χ1v) is 10.1. The lowest BCUT2D eigenvalue weighted by atomic mass is 9.99. The number of benzene rings is 2. The van der Waals surface area contributed by atoms with Crippen LogP contribution in [0.1, 0.15) is 22.9 Å². The van der Waals surface area contributed by atoms with Crippen molar-refractivity contribution in [3.63, 3.8) is 0 Å². The minimum atomic E-state index is -0.947. The number of rotatable bonds is 6. The van der Waals surface area contributed by atoms with Gasteiger partial charge in [0, 0.05) is 11.1 Å². The number of carbonyl (C=O) groups excluding carboxylic acids is 2. The molecule has 2 heterocycles. The van der Waals surface area contributed by atoms with E-state index in [9.17, 15) is 14.7 Å². The third-order valence-corrected chi connectivity index (χ3v) is 5.64. The van der Waals surface area contributed by atoms with Crippen LogP contribution in [-0.2, 0) is 16.1 Å². The summed E-state index contributed by atoms with van der Waals surface area (Å²) in [4.78, 5) is 27.5. The molecule has 8 heteroatoms. The Morgan fingerprint density at radius 1 is 1.09 bits per heavy atom.